The molecule has 1 aliphatic rings. The van der Waals surface area contributed by atoms with Crippen LogP contribution in [-0.4, -0.2) is 28.1 Å². The molecule has 0 saturated carbocycles. The number of ether oxygens (including phenoxy) is 1. The van der Waals surface area contributed by atoms with Crippen molar-refractivity contribution in [1.82, 2.24) is 9.97 Å². The molecule has 2 heterocycles. The lowest BCUT2D eigenvalue weighted by molar-refractivity contribution is 0.322. The first-order valence-corrected chi connectivity index (χ1v) is 6.78. The molecule has 0 radical (unpaired) electrons. The molecule has 0 spiro atoms. The number of anilines is 2. The Hall–Kier alpha value is -2.21. The lowest BCUT2D eigenvalue weighted by atomic mass is 10.2. The number of nitrogens with two attached hydrogens (primary N) is 1. The van der Waals surface area contributed by atoms with Crippen molar-refractivity contribution < 1.29 is 4.74 Å². The van der Waals surface area contributed by atoms with Crippen molar-refractivity contribution in [3.8, 4) is 5.75 Å². The smallest absolute Gasteiger partial charge is 0.151 e. The zero-order valence-corrected chi connectivity index (χ0v) is 11.6. The van der Waals surface area contributed by atoms with Crippen LogP contribution in [0.25, 0.3) is 0 Å². The van der Waals surface area contributed by atoms with Crippen LogP contribution in [0.4, 0.5) is 11.5 Å². The maximum Gasteiger partial charge on any atom is 0.151 e. The summed E-state index contributed by atoms with van der Waals surface area (Å²) in [7, 11) is 0. The summed E-state index contributed by atoms with van der Waals surface area (Å²) in [6.07, 6.45) is 4.22. The Morgan fingerprint density at radius 2 is 2.10 bits per heavy atom. The van der Waals surface area contributed by atoms with Crippen LogP contribution >= 0.6 is 12.2 Å². The third-order valence-electron chi connectivity index (χ3n) is 3.11. The van der Waals surface area contributed by atoms with E-state index in [4.69, 9.17) is 22.7 Å². The second-order valence-electron chi connectivity index (χ2n) is 4.45. The molecule has 2 aromatic rings. The molecule has 0 fully saturated rings. The van der Waals surface area contributed by atoms with Crippen LogP contribution in [0.5, 0.6) is 5.75 Å². The van der Waals surface area contributed by atoms with E-state index in [-0.39, 0.29) is 4.99 Å². The van der Waals surface area contributed by atoms with Crippen LogP contribution < -0.4 is 15.4 Å². The van der Waals surface area contributed by atoms with Crippen LogP contribution in [0.15, 0.2) is 36.7 Å². The number of fused-ring (bicyclic) bond motifs is 1. The molecule has 2 N–H and O–H groups in total. The van der Waals surface area contributed by atoms with Gasteiger partial charge in [0.05, 0.1) is 24.7 Å². The quantitative estimate of drug-likeness (QED) is 0.852. The van der Waals surface area contributed by atoms with Crippen molar-refractivity contribution in [1.29, 1.82) is 0 Å². The van der Waals surface area contributed by atoms with Gasteiger partial charge < -0.3 is 15.4 Å². The van der Waals surface area contributed by atoms with Gasteiger partial charge in [0.25, 0.3) is 0 Å². The highest BCUT2D eigenvalue weighted by Crippen LogP contribution is 2.34. The standard InChI is InChI=1S/C14H14N4OS/c15-14(20)10-8-17-13(9-16-10)18-6-3-7-19-12-5-2-1-4-11(12)18/h1-2,4-5,8-9H,3,6-7H2,(H2,15,20). The van der Waals surface area contributed by atoms with Crippen LogP contribution in [0, 0.1) is 0 Å². The number of benzene rings is 1. The fourth-order valence-corrected chi connectivity index (χ4v) is 2.26. The first kappa shape index (κ1) is 12.8. The minimum absolute atomic E-state index is 0.253. The van der Waals surface area contributed by atoms with Gasteiger partial charge in [0.15, 0.2) is 5.82 Å². The monoisotopic (exact) mass is 286 g/mol. The molecule has 20 heavy (non-hydrogen) atoms. The second-order valence-corrected chi connectivity index (χ2v) is 4.89. The Kier molecular flexibility index (Phi) is 3.47. The molecule has 3 rings (SSSR count). The van der Waals surface area contributed by atoms with E-state index in [2.05, 4.69) is 14.9 Å². The number of thiocarbonyl (C=S) groups is 1. The summed E-state index contributed by atoms with van der Waals surface area (Å²) in [4.78, 5) is 11.0. The molecule has 102 valence electrons. The Bertz CT molecular complexity index is 629. The fourth-order valence-electron chi connectivity index (χ4n) is 2.15. The van der Waals surface area contributed by atoms with Crippen LogP contribution in [0.1, 0.15) is 12.1 Å². The SMILES string of the molecule is NC(=S)c1cnc(N2CCCOc3ccccc32)cn1. The van der Waals surface area contributed by atoms with E-state index < -0.39 is 0 Å². The van der Waals surface area contributed by atoms with Crippen molar-refractivity contribution in [2.45, 2.75) is 6.42 Å². The van der Waals surface area contributed by atoms with Crippen LogP contribution in [-0.2, 0) is 0 Å². The highest BCUT2D eigenvalue weighted by Gasteiger charge is 2.18. The molecule has 0 unspecified atom stereocenters. The third-order valence-corrected chi connectivity index (χ3v) is 3.32. The van der Waals surface area contributed by atoms with Gasteiger partial charge in [-0.3, -0.25) is 0 Å². The molecular formula is C14H14N4OS. The Morgan fingerprint density at radius 1 is 1.25 bits per heavy atom. The third kappa shape index (κ3) is 2.42. The van der Waals surface area contributed by atoms with Crippen LogP contribution in [0.2, 0.25) is 0 Å². The fraction of sp³-hybridized carbons (Fsp3) is 0.214. The Balaban J connectivity index is 1.98. The molecule has 0 aliphatic carbocycles. The maximum atomic E-state index is 5.73. The van der Waals surface area contributed by atoms with E-state index in [0.29, 0.717) is 12.3 Å². The Labute approximate surface area is 122 Å². The molecule has 1 aromatic carbocycles. The number of para-hydroxylation sites is 2. The van der Waals surface area contributed by atoms with Gasteiger partial charge in [0.2, 0.25) is 0 Å². The lowest BCUT2D eigenvalue weighted by Gasteiger charge is -2.22. The molecule has 0 saturated heterocycles. The molecular weight excluding hydrogens is 272 g/mol. The summed E-state index contributed by atoms with van der Waals surface area (Å²) in [5.74, 6) is 1.63. The first-order valence-electron chi connectivity index (χ1n) is 6.37. The lowest BCUT2D eigenvalue weighted by Crippen LogP contribution is -2.20. The van der Waals surface area contributed by atoms with Crippen molar-refractivity contribution in [3.05, 3.63) is 42.4 Å². The highest BCUT2D eigenvalue weighted by molar-refractivity contribution is 7.80. The summed E-state index contributed by atoms with van der Waals surface area (Å²) in [5.41, 5.74) is 7.07. The van der Waals surface area contributed by atoms with Crippen molar-refractivity contribution in [3.63, 3.8) is 0 Å². The van der Waals surface area contributed by atoms with E-state index in [0.717, 1.165) is 30.2 Å². The van der Waals surface area contributed by atoms with E-state index in [1.165, 1.54) is 0 Å². The number of hydrogen-bond acceptors (Lipinski definition) is 5. The van der Waals surface area contributed by atoms with Crippen molar-refractivity contribution >= 4 is 28.7 Å². The number of rotatable bonds is 2. The van der Waals surface area contributed by atoms with Gasteiger partial charge in [-0.25, -0.2) is 9.97 Å². The predicted molar refractivity (Wildman–Crippen MR) is 81.5 cm³/mol. The molecule has 5 nitrogen and oxygen atoms in total. The number of nitrogens with zero attached hydrogens (tertiary/aromatic N) is 3. The molecule has 1 aromatic heterocycles. The molecule has 1 aliphatic heterocycles. The minimum atomic E-state index is 0.253. The summed E-state index contributed by atoms with van der Waals surface area (Å²) in [5, 5.41) is 0. The van der Waals surface area contributed by atoms with Crippen molar-refractivity contribution in [2.75, 3.05) is 18.1 Å². The minimum Gasteiger partial charge on any atom is -0.491 e. The summed E-state index contributed by atoms with van der Waals surface area (Å²) < 4.78 is 5.73. The summed E-state index contributed by atoms with van der Waals surface area (Å²) in [6.45, 7) is 1.53. The molecule has 6 heteroatoms. The predicted octanol–water partition coefficient (Wildman–Crippen LogP) is 2.03. The number of hydrogen-bond donors (Lipinski definition) is 1. The van der Waals surface area contributed by atoms with Crippen LogP contribution in [0.3, 0.4) is 0 Å². The highest BCUT2D eigenvalue weighted by atomic mass is 32.1. The van der Waals surface area contributed by atoms with Gasteiger partial charge in [-0.2, -0.15) is 0 Å². The van der Waals surface area contributed by atoms with Gasteiger partial charge >= 0.3 is 0 Å². The second kappa shape index (κ2) is 5.42. The average Bonchev–Trinajstić information content (AvgIpc) is 2.69. The summed E-state index contributed by atoms with van der Waals surface area (Å²) >= 11 is 4.89. The zero-order chi connectivity index (χ0) is 13.9. The van der Waals surface area contributed by atoms with Gasteiger partial charge in [0.1, 0.15) is 16.4 Å². The van der Waals surface area contributed by atoms with Gasteiger partial charge in [-0.1, -0.05) is 24.4 Å². The van der Waals surface area contributed by atoms with Crippen molar-refractivity contribution in [2.24, 2.45) is 5.73 Å². The Morgan fingerprint density at radius 3 is 2.85 bits per heavy atom. The number of aromatic nitrogens is 2. The largest absolute Gasteiger partial charge is 0.491 e. The molecule has 0 bridgehead atoms. The molecule has 0 atom stereocenters. The van der Waals surface area contributed by atoms with Gasteiger partial charge in [-0.15, -0.1) is 0 Å². The first-order chi connectivity index (χ1) is 9.75. The maximum absolute atomic E-state index is 5.73. The van der Waals surface area contributed by atoms with E-state index >= 15 is 0 Å². The summed E-state index contributed by atoms with van der Waals surface area (Å²) in [6, 6.07) is 7.93. The van der Waals surface area contributed by atoms with E-state index in [1.54, 1.807) is 12.4 Å². The van der Waals surface area contributed by atoms with E-state index in [1.807, 2.05) is 24.3 Å². The average molecular weight is 286 g/mol. The van der Waals surface area contributed by atoms with Gasteiger partial charge in [0, 0.05) is 6.54 Å². The van der Waals surface area contributed by atoms with Gasteiger partial charge in [-0.05, 0) is 18.6 Å². The van der Waals surface area contributed by atoms with E-state index in [9.17, 15) is 0 Å². The topological polar surface area (TPSA) is 64.3 Å². The molecule has 0 amide bonds. The normalized spacial score (nSPS) is 14.1. The zero-order valence-electron chi connectivity index (χ0n) is 10.8.